The van der Waals surface area contributed by atoms with E-state index in [1.54, 1.807) is 0 Å². The summed E-state index contributed by atoms with van der Waals surface area (Å²) < 4.78 is 1.24. The number of hydrogen-bond donors (Lipinski definition) is 0. The minimum absolute atomic E-state index is 1.18. The molecule has 0 aliphatic carbocycles. The van der Waals surface area contributed by atoms with E-state index in [0.717, 1.165) is 0 Å². The summed E-state index contributed by atoms with van der Waals surface area (Å²) in [5.41, 5.74) is 0. The molecule has 0 aromatic carbocycles. The molecule has 0 bridgehead atoms. The summed E-state index contributed by atoms with van der Waals surface area (Å²) in [4.78, 5) is 3.70. The van der Waals surface area contributed by atoms with E-state index in [4.69, 9.17) is 0 Å². The van der Waals surface area contributed by atoms with Crippen molar-refractivity contribution in [3.8, 4) is 0 Å². The molecule has 0 unspecified atom stereocenters. The van der Waals surface area contributed by atoms with Gasteiger partial charge in [-0.25, -0.2) is 0 Å². The molecule has 68 valence electrons. The fourth-order valence-corrected chi connectivity index (χ4v) is 2.58. The predicted molar refractivity (Wildman–Crippen MR) is 58.9 cm³/mol. The number of rotatable bonds is 4. The van der Waals surface area contributed by atoms with Crippen molar-refractivity contribution in [2.75, 3.05) is 20.6 Å². The zero-order chi connectivity index (χ0) is 8.97. The average Bonchev–Trinajstić information content (AvgIpc) is 2.35. The molecule has 0 amide bonds. The van der Waals surface area contributed by atoms with Gasteiger partial charge in [0.1, 0.15) is 0 Å². The van der Waals surface area contributed by atoms with E-state index < -0.39 is 0 Å². The second-order valence-electron chi connectivity index (χ2n) is 3.11. The summed E-state index contributed by atoms with van der Waals surface area (Å²) in [6, 6.07) is 4.32. The first kappa shape index (κ1) is 10.2. The van der Waals surface area contributed by atoms with Gasteiger partial charge in [0.05, 0.1) is 3.79 Å². The minimum Gasteiger partial charge on any atom is -0.309 e. The first-order valence-corrected chi connectivity index (χ1v) is 5.68. The van der Waals surface area contributed by atoms with E-state index in [2.05, 4.69) is 47.1 Å². The maximum atomic E-state index is 3.46. The van der Waals surface area contributed by atoms with Gasteiger partial charge in [0.25, 0.3) is 0 Å². The fourth-order valence-electron chi connectivity index (χ4n) is 1.06. The summed E-state index contributed by atoms with van der Waals surface area (Å²) in [6.45, 7) is 1.18. The molecule has 1 rings (SSSR count). The lowest BCUT2D eigenvalue weighted by atomic mass is 10.2. The Morgan fingerprint density at radius 1 is 1.42 bits per heavy atom. The van der Waals surface area contributed by atoms with E-state index in [1.807, 2.05) is 11.3 Å². The zero-order valence-corrected chi connectivity index (χ0v) is 9.91. The Hall–Kier alpha value is 0.140. The van der Waals surface area contributed by atoms with Gasteiger partial charge in [-0.05, 0) is 61.5 Å². The van der Waals surface area contributed by atoms with E-state index in [0.29, 0.717) is 0 Å². The smallest absolute Gasteiger partial charge is 0.0701 e. The normalized spacial score (nSPS) is 11.0. The topological polar surface area (TPSA) is 3.24 Å². The Labute approximate surface area is 86.5 Å². The van der Waals surface area contributed by atoms with Crippen LogP contribution in [-0.4, -0.2) is 25.5 Å². The lowest BCUT2D eigenvalue weighted by Crippen LogP contribution is -2.13. The van der Waals surface area contributed by atoms with Gasteiger partial charge in [-0.1, -0.05) is 0 Å². The van der Waals surface area contributed by atoms with Crippen molar-refractivity contribution >= 4 is 27.3 Å². The summed E-state index contributed by atoms with van der Waals surface area (Å²) in [7, 11) is 4.23. The Morgan fingerprint density at radius 2 is 2.17 bits per heavy atom. The van der Waals surface area contributed by atoms with Crippen LogP contribution in [0.25, 0.3) is 0 Å². The second-order valence-corrected chi connectivity index (χ2v) is 5.66. The summed E-state index contributed by atoms with van der Waals surface area (Å²) in [5, 5.41) is 0. The van der Waals surface area contributed by atoms with Crippen molar-refractivity contribution in [1.29, 1.82) is 0 Å². The fraction of sp³-hybridized carbons (Fsp3) is 0.556. The third-order valence-corrected chi connectivity index (χ3v) is 3.34. The van der Waals surface area contributed by atoms with Gasteiger partial charge in [0.15, 0.2) is 0 Å². The van der Waals surface area contributed by atoms with Crippen molar-refractivity contribution in [3.63, 3.8) is 0 Å². The molecule has 0 aliphatic rings. The van der Waals surface area contributed by atoms with E-state index in [1.165, 1.54) is 28.0 Å². The maximum absolute atomic E-state index is 3.46. The van der Waals surface area contributed by atoms with Gasteiger partial charge in [0, 0.05) is 4.88 Å². The zero-order valence-electron chi connectivity index (χ0n) is 7.51. The molecular weight excluding hydrogens is 234 g/mol. The molecule has 1 aromatic rings. The van der Waals surface area contributed by atoms with Crippen LogP contribution in [0, 0.1) is 0 Å². The highest BCUT2D eigenvalue weighted by atomic mass is 79.9. The van der Waals surface area contributed by atoms with E-state index in [-0.39, 0.29) is 0 Å². The molecule has 0 atom stereocenters. The second kappa shape index (κ2) is 5.00. The van der Waals surface area contributed by atoms with Gasteiger partial charge in [-0.2, -0.15) is 0 Å². The quantitative estimate of drug-likeness (QED) is 0.791. The maximum Gasteiger partial charge on any atom is 0.0701 e. The van der Waals surface area contributed by atoms with Gasteiger partial charge in [-0.15, -0.1) is 11.3 Å². The Balaban J connectivity index is 2.24. The molecule has 0 saturated heterocycles. The molecule has 12 heavy (non-hydrogen) atoms. The van der Waals surface area contributed by atoms with Crippen LogP contribution in [0.3, 0.4) is 0 Å². The van der Waals surface area contributed by atoms with Gasteiger partial charge < -0.3 is 4.90 Å². The molecule has 0 spiro atoms. The molecule has 1 aromatic heterocycles. The summed E-state index contributed by atoms with van der Waals surface area (Å²) in [5.74, 6) is 0. The van der Waals surface area contributed by atoms with Crippen LogP contribution in [-0.2, 0) is 6.42 Å². The molecule has 0 radical (unpaired) electrons. The van der Waals surface area contributed by atoms with Crippen molar-refractivity contribution in [3.05, 3.63) is 20.8 Å². The van der Waals surface area contributed by atoms with Gasteiger partial charge in [-0.3, -0.25) is 0 Å². The average molecular weight is 248 g/mol. The van der Waals surface area contributed by atoms with Crippen LogP contribution in [0.2, 0.25) is 0 Å². The molecule has 1 heterocycles. The van der Waals surface area contributed by atoms with Crippen molar-refractivity contribution < 1.29 is 0 Å². The van der Waals surface area contributed by atoms with Crippen molar-refractivity contribution in [2.24, 2.45) is 0 Å². The number of aryl methyl sites for hydroxylation is 1. The first-order chi connectivity index (χ1) is 5.68. The van der Waals surface area contributed by atoms with Crippen LogP contribution in [0.1, 0.15) is 11.3 Å². The standard InChI is InChI=1S/C9H14BrNS/c1-11(2)7-3-4-8-5-6-9(10)12-8/h5-6H,3-4,7H2,1-2H3. The summed E-state index contributed by atoms with van der Waals surface area (Å²) >= 11 is 5.30. The lowest BCUT2D eigenvalue weighted by molar-refractivity contribution is 0.401. The predicted octanol–water partition coefficient (Wildman–Crippen LogP) is 3.00. The number of hydrogen-bond acceptors (Lipinski definition) is 2. The monoisotopic (exact) mass is 247 g/mol. The van der Waals surface area contributed by atoms with Crippen LogP contribution in [0.4, 0.5) is 0 Å². The number of nitrogens with zero attached hydrogens (tertiary/aromatic N) is 1. The third kappa shape index (κ3) is 3.70. The molecule has 0 aliphatic heterocycles. The largest absolute Gasteiger partial charge is 0.309 e. The molecule has 3 heteroatoms. The highest BCUT2D eigenvalue weighted by Crippen LogP contribution is 2.22. The van der Waals surface area contributed by atoms with Gasteiger partial charge in [0.2, 0.25) is 0 Å². The highest BCUT2D eigenvalue weighted by molar-refractivity contribution is 9.11. The van der Waals surface area contributed by atoms with E-state index >= 15 is 0 Å². The Kier molecular flexibility index (Phi) is 4.26. The summed E-state index contributed by atoms with van der Waals surface area (Å²) in [6.07, 6.45) is 2.45. The highest BCUT2D eigenvalue weighted by Gasteiger charge is 1.97. The molecular formula is C9H14BrNS. The number of halogens is 1. The van der Waals surface area contributed by atoms with Gasteiger partial charge >= 0.3 is 0 Å². The minimum atomic E-state index is 1.18. The molecule has 0 N–H and O–H groups in total. The number of thiophene rings is 1. The van der Waals surface area contributed by atoms with Crippen LogP contribution < -0.4 is 0 Å². The Morgan fingerprint density at radius 3 is 2.67 bits per heavy atom. The molecule has 0 fully saturated rings. The third-order valence-electron chi connectivity index (χ3n) is 1.66. The van der Waals surface area contributed by atoms with Crippen LogP contribution in [0.15, 0.2) is 15.9 Å². The SMILES string of the molecule is CN(C)CCCc1ccc(Br)s1. The van der Waals surface area contributed by atoms with E-state index in [9.17, 15) is 0 Å². The Bertz CT molecular complexity index is 232. The molecule has 0 saturated carbocycles. The van der Waals surface area contributed by atoms with Crippen LogP contribution >= 0.6 is 27.3 Å². The lowest BCUT2D eigenvalue weighted by Gasteiger charge is -2.07. The molecule has 1 nitrogen and oxygen atoms in total. The van der Waals surface area contributed by atoms with Crippen LogP contribution in [0.5, 0.6) is 0 Å². The van der Waals surface area contributed by atoms with Crippen molar-refractivity contribution in [2.45, 2.75) is 12.8 Å². The first-order valence-electron chi connectivity index (χ1n) is 4.07. The van der Waals surface area contributed by atoms with Crippen molar-refractivity contribution in [1.82, 2.24) is 4.90 Å².